The zero-order chi connectivity index (χ0) is 18.8. The van der Waals surface area contributed by atoms with Gasteiger partial charge in [0.1, 0.15) is 6.20 Å². The van der Waals surface area contributed by atoms with Crippen LogP contribution in [0.2, 0.25) is 0 Å². The summed E-state index contributed by atoms with van der Waals surface area (Å²) in [5.74, 6) is -1.74. The Hall–Kier alpha value is -2.65. The molecule has 0 aliphatic carbocycles. The van der Waals surface area contributed by atoms with Crippen LogP contribution in [-0.2, 0) is 20.8 Å². The first-order valence-corrected chi connectivity index (χ1v) is 6.66. The van der Waals surface area contributed by atoms with E-state index in [0.717, 1.165) is 7.11 Å². The molecule has 0 aliphatic rings. The number of ether oxygens (including phenoxy) is 2. The van der Waals surface area contributed by atoms with Crippen molar-refractivity contribution in [1.29, 1.82) is 0 Å². The van der Waals surface area contributed by atoms with Gasteiger partial charge in [0.05, 0.1) is 19.8 Å². The molecule has 0 unspecified atom stereocenters. The quantitative estimate of drug-likeness (QED) is 0.487. The second-order valence-corrected chi connectivity index (χ2v) is 4.17. The molecule has 24 heavy (non-hydrogen) atoms. The summed E-state index contributed by atoms with van der Waals surface area (Å²) >= 11 is 0. The van der Waals surface area contributed by atoms with Crippen LogP contribution in [0.25, 0.3) is 0 Å². The van der Waals surface area contributed by atoms with E-state index in [9.17, 15) is 22.8 Å². The lowest BCUT2D eigenvalue weighted by atomic mass is 10.3. The van der Waals surface area contributed by atoms with Crippen LogP contribution in [-0.4, -0.2) is 43.9 Å². The topological polar surface area (TPSA) is 81.4 Å². The molecule has 0 saturated carbocycles. The minimum atomic E-state index is -4.41. The Bertz CT molecular complexity index is 559. The van der Waals surface area contributed by atoms with E-state index in [0.29, 0.717) is 12.1 Å². The van der Waals surface area contributed by atoms with Crippen molar-refractivity contribution >= 4 is 11.9 Å². The van der Waals surface area contributed by atoms with Gasteiger partial charge >= 0.3 is 12.1 Å². The molecule has 1 N–H and O–H groups in total. The molecule has 1 heterocycles. The van der Waals surface area contributed by atoms with Crippen LogP contribution in [0, 0.1) is 0 Å². The van der Waals surface area contributed by atoms with E-state index in [1.807, 2.05) is 6.92 Å². The molecule has 0 spiro atoms. The zero-order valence-corrected chi connectivity index (χ0v) is 13.5. The highest BCUT2D eigenvalue weighted by Crippen LogP contribution is 2.23. The van der Waals surface area contributed by atoms with Gasteiger partial charge in [-0.3, -0.25) is 4.79 Å². The number of carbonyl (C=O) groups excluding carboxylic acids is 2. The van der Waals surface area contributed by atoms with Crippen molar-refractivity contribution in [2.24, 2.45) is 0 Å². The van der Waals surface area contributed by atoms with Crippen LogP contribution in [0.5, 0.6) is 0 Å². The zero-order valence-electron chi connectivity index (χ0n) is 13.5. The Morgan fingerprint density at radius 2 is 1.96 bits per heavy atom. The number of hydrogen-bond acceptors (Lipinski definition) is 5. The predicted molar refractivity (Wildman–Crippen MR) is 76.7 cm³/mol. The first-order valence-electron chi connectivity index (χ1n) is 6.66. The summed E-state index contributed by atoms with van der Waals surface area (Å²) in [6.07, 6.45) is -1.44. The van der Waals surface area contributed by atoms with E-state index >= 15 is 0 Å². The van der Waals surface area contributed by atoms with Gasteiger partial charge in [-0.1, -0.05) is 11.3 Å². The van der Waals surface area contributed by atoms with E-state index in [4.69, 9.17) is 0 Å². The predicted octanol–water partition coefficient (Wildman–Crippen LogP) is 1.00. The Balaban J connectivity index is 0.000000561. The molecule has 1 aromatic heterocycles. The molecule has 0 aliphatic heterocycles. The van der Waals surface area contributed by atoms with Gasteiger partial charge in [0.2, 0.25) is 0 Å². The number of hydrogen-bond donors (Lipinski definition) is 1. The highest BCUT2D eigenvalue weighted by Gasteiger charge is 2.33. The number of allylic oxidation sites excluding steroid dienone is 1. The van der Waals surface area contributed by atoms with Gasteiger partial charge in [-0.05, 0) is 12.0 Å². The summed E-state index contributed by atoms with van der Waals surface area (Å²) in [6.45, 7) is 5.04. The minimum absolute atomic E-state index is 0.0339. The number of carbonyl (C=O) groups is 2. The molecule has 134 valence electrons. The average Bonchev–Trinajstić information content (AvgIpc) is 2.54. The van der Waals surface area contributed by atoms with Crippen LogP contribution < -0.4 is 10.00 Å². The van der Waals surface area contributed by atoms with Crippen molar-refractivity contribution in [1.82, 2.24) is 10.4 Å². The number of nitrogens with zero attached hydrogens (tertiary/aromatic N) is 2. The summed E-state index contributed by atoms with van der Waals surface area (Å²) in [5.41, 5.74) is 0.461. The number of rotatable bonds is 5. The number of methoxy groups -OCH3 is 2. The second kappa shape index (κ2) is 10.2. The summed E-state index contributed by atoms with van der Waals surface area (Å²) in [7, 11) is 2.24. The van der Waals surface area contributed by atoms with Gasteiger partial charge < -0.3 is 14.8 Å². The molecular weight excluding hydrogens is 331 g/mol. The second-order valence-electron chi connectivity index (χ2n) is 4.17. The smallest absolute Gasteiger partial charge is 0.448 e. The van der Waals surface area contributed by atoms with Crippen LogP contribution in [0.1, 0.15) is 17.3 Å². The maximum absolute atomic E-state index is 11.4. The van der Waals surface area contributed by atoms with Crippen LogP contribution in [0.3, 0.4) is 0 Å². The Morgan fingerprint density at radius 1 is 1.33 bits per heavy atom. The molecule has 0 radical (unpaired) electrons. The fourth-order valence-corrected chi connectivity index (χ4v) is 1.19. The molecule has 0 saturated heterocycles. The Morgan fingerprint density at radius 3 is 2.29 bits per heavy atom. The third-order valence-electron chi connectivity index (χ3n) is 2.45. The van der Waals surface area contributed by atoms with Crippen LogP contribution in [0.15, 0.2) is 30.8 Å². The normalized spacial score (nSPS) is 10.1. The number of halogens is 3. The molecule has 1 aromatic rings. The summed E-state index contributed by atoms with van der Waals surface area (Å²) < 4.78 is 43.4. The number of amides is 1. The minimum Gasteiger partial charge on any atom is -0.493 e. The third-order valence-corrected chi connectivity index (χ3v) is 2.45. The molecular formula is C14H19F3N3O4+. The van der Waals surface area contributed by atoms with E-state index < -0.39 is 11.9 Å². The lowest BCUT2D eigenvalue weighted by Crippen LogP contribution is -2.42. The summed E-state index contributed by atoms with van der Waals surface area (Å²) in [6, 6.07) is 1.60. The fourth-order valence-electron chi connectivity index (χ4n) is 1.19. The lowest BCUT2D eigenvalue weighted by Gasteiger charge is -2.06. The van der Waals surface area contributed by atoms with Crippen LogP contribution in [0.4, 0.5) is 13.2 Å². The molecule has 1 amide bonds. The first-order chi connectivity index (χ1) is 11.1. The number of alkyl halides is 3. The third kappa shape index (κ3) is 8.11. The van der Waals surface area contributed by atoms with Crippen molar-refractivity contribution in [3.63, 3.8) is 0 Å². The largest absolute Gasteiger partial charge is 0.493 e. The van der Waals surface area contributed by atoms with Gasteiger partial charge in [-0.2, -0.15) is 13.2 Å². The van der Waals surface area contributed by atoms with Gasteiger partial charge in [0.25, 0.3) is 12.5 Å². The van der Waals surface area contributed by atoms with Crippen molar-refractivity contribution < 1.29 is 36.9 Å². The maximum atomic E-state index is 11.4. The Kier molecular flexibility index (Phi) is 9.06. The van der Waals surface area contributed by atoms with E-state index in [1.54, 1.807) is 12.3 Å². The first kappa shape index (κ1) is 21.4. The number of nitrogens with one attached hydrogen (secondary N) is 1. The van der Waals surface area contributed by atoms with E-state index in [1.165, 1.54) is 18.0 Å². The molecule has 0 atom stereocenters. The van der Waals surface area contributed by atoms with Gasteiger partial charge in [-0.15, -0.1) is 0 Å². The standard InChI is InChI=1S/C10H13N3O3.C4H5F3O/c1-3-11-10(15)8-4-5-13(12-6-8)7-9(14)16-2;1-3(8-2)4(5,6)7/h4-6H,3,7H2,1-2H3;1H2,2H3/p+1. The highest BCUT2D eigenvalue weighted by molar-refractivity contribution is 5.93. The lowest BCUT2D eigenvalue weighted by molar-refractivity contribution is -0.743. The number of esters is 1. The monoisotopic (exact) mass is 350 g/mol. The molecule has 10 heteroatoms. The molecule has 7 nitrogen and oxygen atoms in total. The van der Waals surface area contributed by atoms with Crippen LogP contribution >= 0.6 is 0 Å². The van der Waals surface area contributed by atoms with Gasteiger partial charge in [0.15, 0.2) is 12.0 Å². The SMILES string of the molecule is C=C(OC)C(F)(F)F.CCNC(=O)c1cc[n+](CC(=O)OC)nc1. The Labute approximate surface area is 137 Å². The highest BCUT2D eigenvalue weighted by atomic mass is 19.4. The van der Waals surface area contributed by atoms with Crippen molar-refractivity contribution in [2.75, 3.05) is 20.8 Å². The summed E-state index contributed by atoms with van der Waals surface area (Å²) in [5, 5.41) is 6.58. The van der Waals surface area contributed by atoms with Gasteiger partial charge in [0, 0.05) is 12.6 Å². The van der Waals surface area contributed by atoms with Gasteiger partial charge in [-0.25, -0.2) is 4.79 Å². The molecule has 0 bridgehead atoms. The number of aromatic nitrogens is 2. The maximum Gasteiger partial charge on any atom is 0.448 e. The molecule has 1 rings (SSSR count). The molecule has 0 aromatic carbocycles. The summed E-state index contributed by atoms with van der Waals surface area (Å²) in [4.78, 5) is 22.3. The van der Waals surface area contributed by atoms with E-state index in [-0.39, 0.29) is 18.4 Å². The van der Waals surface area contributed by atoms with Crippen molar-refractivity contribution in [2.45, 2.75) is 19.6 Å². The van der Waals surface area contributed by atoms with Crippen molar-refractivity contribution in [3.8, 4) is 0 Å². The fraction of sp³-hybridized carbons (Fsp3) is 0.429. The van der Waals surface area contributed by atoms with E-state index in [2.05, 4.69) is 26.5 Å². The molecule has 0 fully saturated rings. The van der Waals surface area contributed by atoms with Crippen molar-refractivity contribution in [3.05, 3.63) is 36.4 Å². The average molecular weight is 350 g/mol.